The molecule has 0 bridgehead atoms. The van der Waals surface area contributed by atoms with E-state index in [1.165, 1.54) is 37.3 Å². The molecule has 0 atom stereocenters. The van der Waals surface area contributed by atoms with Gasteiger partial charge in [-0.25, -0.2) is 26.6 Å². The smallest absolute Gasteiger partial charge is 0.871 e. The number of phenols is 1. The van der Waals surface area contributed by atoms with Crippen LogP contribution in [-0.2, 0) is 54.4 Å². The van der Waals surface area contributed by atoms with Gasteiger partial charge in [-0.1, -0.05) is 48.4 Å². The van der Waals surface area contributed by atoms with Gasteiger partial charge in [0.1, 0.15) is 31.5 Å². The second-order valence-corrected chi connectivity index (χ2v) is 15.6. The first-order valence-electron chi connectivity index (χ1n) is 17.1. The van der Waals surface area contributed by atoms with E-state index in [1.807, 2.05) is 0 Å². The van der Waals surface area contributed by atoms with Crippen molar-refractivity contribution in [3.05, 3.63) is 118 Å². The molecule has 2 radical (unpaired) electrons. The molecule has 0 aliphatic carbocycles. The number of carboxylic acids is 2. The van der Waals surface area contributed by atoms with Crippen LogP contribution < -0.4 is 115 Å². The topological polar surface area (TPSA) is 370 Å². The van der Waals surface area contributed by atoms with Gasteiger partial charge in [0.25, 0.3) is 0 Å². The van der Waals surface area contributed by atoms with Crippen molar-refractivity contribution in [3.63, 3.8) is 0 Å². The third kappa shape index (κ3) is 12.6. The van der Waals surface area contributed by atoms with Crippen molar-refractivity contribution in [1.82, 2.24) is 9.78 Å². The molecule has 1 N–H and O–H groups in total. The Morgan fingerprint density at radius 2 is 1.25 bits per heavy atom. The summed E-state index contributed by atoms with van der Waals surface area (Å²) in [5.74, 6) is -6.06. The number of aromatic nitrogens is 2. The quantitative estimate of drug-likeness (QED) is 0.0546. The first-order valence-corrected chi connectivity index (χ1v) is 19.9. The number of carboxylic acid groups (broad SMARTS) is 2. The molecule has 0 saturated carbocycles. The molecule has 0 aliphatic rings. The summed E-state index contributed by atoms with van der Waals surface area (Å²) < 4.78 is 73.8. The van der Waals surface area contributed by atoms with Crippen molar-refractivity contribution >= 4 is 87.8 Å². The predicted octanol–water partition coefficient (Wildman–Crippen LogP) is -5.79. The molecular weight excluding hydrogens is 1050 g/mol. The van der Waals surface area contributed by atoms with E-state index >= 15 is 0 Å². The van der Waals surface area contributed by atoms with Gasteiger partial charge in [-0.15, -0.1) is 10.8 Å². The fourth-order valence-electron chi connectivity index (χ4n) is 6.06. The Hall–Kier alpha value is -4.15. The summed E-state index contributed by atoms with van der Waals surface area (Å²) in [6, 6.07) is 15.8. The number of fused-ring (bicyclic) bond motifs is 2. The number of carbonyl (C=O) groups excluding carboxylic acids is 2. The normalized spacial score (nSPS) is 11.4. The van der Waals surface area contributed by atoms with Crippen LogP contribution >= 0.6 is 0 Å². The van der Waals surface area contributed by atoms with Crippen LogP contribution in [0.4, 0.5) is 34.1 Å². The molecule has 0 aliphatic heterocycles. The van der Waals surface area contributed by atoms with Crippen LogP contribution in [0.2, 0.25) is 0 Å². The number of carbonyl (C=O) groups is 2. The minimum absolute atomic E-state index is 0. The van der Waals surface area contributed by atoms with E-state index in [2.05, 4.69) is 35.8 Å². The Morgan fingerprint density at radius 3 is 1.87 bits per heavy atom. The van der Waals surface area contributed by atoms with Gasteiger partial charge in [0.15, 0.2) is 0 Å². The van der Waals surface area contributed by atoms with Crippen molar-refractivity contribution in [2.75, 3.05) is 0 Å². The summed E-state index contributed by atoms with van der Waals surface area (Å²) in [4.78, 5) is 34.5. The number of aryl methyl sites for hydroxylation is 1. The molecule has 0 fully saturated rings. The zero-order valence-corrected chi connectivity index (χ0v) is 43.9. The van der Waals surface area contributed by atoms with Gasteiger partial charge < -0.3 is 54.1 Å². The maximum Gasteiger partial charge on any atom is 2.00 e. The zero-order valence-electron chi connectivity index (χ0n) is 34.4. The Labute approximate surface area is 464 Å². The van der Waals surface area contributed by atoms with Crippen molar-refractivity contribution < 1.29 is 184 Å². The van der Waals surface area contributed by atoms with Crippen molar-refractivity contribution in [1.29, 1.82) is 0 Å². The van der Waals surface area contributed by atoms with Gasteiger partial charge in [-0.3, -0.25) is 0 Å². The van der Waals surface area contributed by atoms with Gasteiger partial charge >= 0.3 is 123 Å². The number of aromatic carboxylic acids is 2. The van der Waals surface area contributed by atoms with E-state index in [9.17, 15) is 65.9 Å². The Morgan fingerprint density at radius 1 is 0.657 bits per heavy atom. The van der Waals surface area contributed by atoms with Crippen LogP contribution in [0.15, 0.2) is 136 Å². The molecule has 22 nitrogen and oxygen atoms in total. The number of aromatic hydroxyl groups is 1. The van der Waals surface area contributed by atoms with Crippen LogP contribution in [0.3, 0.4) is 0 Å². The standard InChI is InChI=1S/C38H25N8O14S2.2Cu.3Na/c1-17-33(42-40-27-5-3-2-4-23(27)37(51)52)36(50)46(45-17)19-7-9-22-25(13-19)32(62(58,59)60)16-31(49)35(22)44-43-34-21-10-8-20(61(55,56)57)14-24(21)28(15-30(34)48)41-39-18-6-11-29(47)26(12-18)38(53)54;;;;;/h2-16,47-49H,1H3,(H,51,52)(H,53,54)(H,55,56,57)(H,58,59,60);;;;;/q-1;2*+2;3*+1/p-6. The van der Waals surface area contributed by atoms with Gasteiger partial charge in [-0.2, -0.15) is 20.5 Å². The van der Waals surface area contributed by atoms with E-state index in [4.69, 9.17) is 0 Å². The molecule has 0 amide bonds. The zero-order chi connectivity index (χ0) is 44.8. The summed E-state index contributed by atoms with van der Waals surface area (Å²) >= 11 is 0. The van der Waals surface area contributed by atoms with Crippen molar-refractivity contribution in [2.45, 2.75) is 16.7 Å². The first kappa shape index (κ1) is 59.0. The van der Waals surface area contributed by atoms with E-state index < -0.39 is 87.1 Å². The number of hydrogen-bond donors (Lipinski definition) is 1. The molecule has 0 saturated heterocycles. The summed E-state index contributed by atoms with van der Waals surface area (Å²) in [5.41, 5.74) is -4.12. The third-order valence-corrected chi connectivity index (χ3v) is 10.6. The molecule has 1 aromatic heterocycles. The van der Waals surface area contributed by atoms with Gasteiger partial charge in [0.2, 0.25) is 0 Å². The van der Waals surface area contributed by atoms with Crippen LogP contribution in [0, 0.1) is 6.92 Å². The molecule has 332 valence electrons. The molecule has 0 spiro atoms. The second kappa shape index (κ2) is 23.4. The fraction of sp³-hybridized carbons (Fsp3) is 0.0263. The number of azo groups is 3. The van der Waals surface area contributed by atoms with E-state index in [0.29, 0.717) is 6.07 Å². The van der Waals surface area contributed by atoms with Crippen LogP contribution in [0.25, 0.3) is 27.2 Å². The van der Waals surface area contributed by atoms with Gasteiger partial charge in [-0.05, 0) is 66.7 Å². The Kier molecular flexibility index (Phi) is 20.6. The maximum atomic E-state index is 13.5. The summed E-state index contributed by atoms with van der Waals surface area (Å²) in [6.07, 6.45) is 0. The molecular formula is C38H19Cu2N8Na3O14S2. The minimum Gasteiger partial charge on any atom is -0.871 e. The fourth-order valence-corrected chi connectivity index (χ4v) is 7.24. The molecule has 1 heterocycles. The molecule has 7 rings (SSSR count). The monoisotopic (exact) mass is 1070 g/mol. The largest absolute Gasteiger partial charge is 2.00 e. The predicted molar refractivity (Wildman–Crippen MR) is 202 cm³/mol. The summed E-state index contributed by atoms with van der Waals surface area (Å²) in [7, 11) is -10.5. The average molecular weight is 1070 g/mol. The second-order valence-electron chi connectivity index (χ2n) is 12.9. The number of benzene rings is 6. The SMILES string of the molecule is Cc1nn(-c2ccc3c(N=Nc4c([O-])cc(N=Nc5ccc(O)c(C(=O)[O-])c5)c5cc(S(=O)(=O)[O-])ccc45)c([O-])cc(S(=O)(=O)[O-])c3c2)c(=O)[c-]1N=Nc1ccccc1C(=O)[O-].[Cu+2].[Cu+2].[Na+].[Na+].[Na+]. The number of hydrogen-bond acceptors (Lipinski definition) is 21. The Bertz CT molecular complexity index is 3480. The summed E-state index contributed by atoms with van der Waals surface area (Å²) in [5, 5.41) is 85.7. The van der Waals surface area contributed by atoms with E-state index in [-0.39, 0.29) is 179 Å². The molecule has 29 heteroatoms. The Balaban J connectivity index is 0.00000308. The van der Waals surface area contributed by atoms with Crippen molar-refractivity contribution in [3.8, 4) is 22.9 Å². The third-order valence-electron chi connectivity index (χ3n) is 8.94. The van der Waals surface area contributed by atoms with Crippen LogP contribution in [0.5, 0.6) is 17.2 Å². The van der Waals surface area contributed by atoms with Crippen molar-refractivity contribution in [2.24, 2.45) is 30.7 Å². The summed E-state index contributed by atoms with van der Waals surface area (Å²) in [6.45, 7) is 1.38. The van der Waals surface area contributed by atoms with E-state index in [1.54, 1.807) is 0 Å². The molecule has 0 unspecified atom stereocenters. The van der Waals surface area contributed by atoms with E-state index in [0.717, 1.165) is 59.3 Å². The van der Waals surface area contributed by atoms with Crippen LogP contribution in [0.1, 0.15) is 26.4 Å². The average Bonchev–Trinajstić information content (AvgIpc) is 3.50. The molecule has 67 heavy (non-hydrogen) atoms. The first-order chi connectivity index (χ1) is 29.2. The molecule has 7 aromatic rings. The minimum atomic E-state index is -5.39. The number of nitrogens with zero attached hydrogens (tertiary/aromatic N) is 8. The number of rotatable bonds is 11. The maximum absolute atomic E-state index is 13.5. The van der Waals surface area contributed by atoms with Gasteiger partial charge in [0, 0.05) is 32.7 Å². The van der Waals surface area contributed by atoms with Crippen LogP contribution in [-0.4, -0.2) is 52.8 Å². The van der Waals surface area contributed by atoms with Gasteiger partial charge in [0.05, 0.1) is 55.9 Å². The molecule has 6 aromatic carbocycles.